The van der Waals surface area contributed by atoms with Crippen LogP contribution in [0.1, 0.15) is 38.2 Å². The Kier molecular flexibility index (Phi) is 3.18. The molecule has 0 aromatic heterocycles. The third-order valence-corrected chi connectivity index (χ3v) is 3.93. The summed E-state index contributed by atoms with van der Waals surface area (Å²) in [5, 5.41) is 9.49. The molecule has 2 nitrogen and oxygen atoms in total. The van der Waals surface area contributed by atoms with E-state index in [1.165, 1.54) is 6.07 Å². The van der Waals surface area contributed by atoms with Crippen molar-refractivity contribution in [1.82, 2.24) is 0 Å². The van der Waals surface area contributed by atoms with E-state index in [2.05, 4.69) is 6.92 Å². The number of aliphatic carboxylic acids is 1. The molecule has 1 fully saturated rings. The maximum absolute atomic E-state index is 13.8. The van der Waals surface area contributed by atoms with Crippen molar-refractivity contribution in [1.29, 1.82) is 0 Å². The van der Waals surface area contributed by atoms with Crippen LogP contribution in [0.4, 0.5) is 4.39 Å². The van der Waals surface area contributed by atoms with Gasteiger partial charge < -0.3 is 5.11 Å². The summed E-state index contributed by atoms with van der Waals surface area (Å²) in [6.45, 7) is 2.12. The van der Waals surface area contributed by atoms with Gasteiger partial charge in [-0.15, -0.1) is 0 Å². The minimum atomic E-state index is -1.02. The Morgan fingerprint density at radius 3 is 2.47 bits per heavy atom. The largest absolute Gasteiger partial charge is 0.481 e. The molecule has 17 heavy (non-hydrogen) atoms. The second-order valence-corrected chi connectivity index (χ2v) is 5.05. The Balaban J connectivity index is 2.42. The van der Waals surface area contributed by atoms with Crippen molar-refractivity contribution >= 4 is 5.97 Å². The van der Waals surface area contributed by atoms with E-state index < -0.39 is 17.2 Å². The second kappa shape index (κ2) is 4.47. The van der Waals surface area contributed by atoms with E-state index in [1.807, 2.05) is 0 Å². The van der Waals surface area contributed by atoms with Crippen LogP contribution in [0.25, 0.3) is 0 Å². The van der Waals surface area contributed by atoms with Gasteiger partial charge in [-0.1, -0.05) is 25.1 Å². The van der Waals surface area contributed by atoms with Crippen molar-refractivity contribution in [2.75, 3.05) is 0 Å². The molecular weight excluding hydrogens is 219 g/mol. The van der Waals surface area contributed by atoms with Crippen molar-refractivity contribution in [2.24, 2.45) is 5.92 Å². The molecule has 1 saturated carbocycles. The summed E-state index contributed by atoms with van der Waals surface area (Å²) in [6.07, 6.45) is 2.76. The number of carboxylic acids is 1. The minimum Gasteiger partial charge on any atom is -0.481 e. The van der Waals surface area contributed by atoms with E-state index in [1.54, 1.807) is 18.2 Å². The van der Waals surface area contributed by atoms with Crippen LogP contribution >= 0.6 is 0 Å². The van der Waals surface area contributed by atoms with Crippen LogP contribution in [-0.2, 0) is 10.2 Å². The lowest BCUT2D eigenvalue weighted by molar-refractivity contribution is -0.145. The molecule has 0 bridgehead atoms. The van der Waals surface area contributed by atoms with Gasteiger partial charge in [-0.2, -0.15) is 0 Å². The smallest absolute Gasteiger partial charge is 0.314 e. The average molecular weight is 236 g/mol. The molecule has 1 aromatic rings. The minimum absolute atomic E-state index is 0.347. The molecule has 0 heterocycles. The molecule has 1 N–H and O–H groups in total. The lowest BCUT2D eigenvalue weighted by atomic mass is 9.67. The molecule has 0 atom stereocenters. The lowest BCUT2D eigenvalue weighted by Crippen LogP contribution is -2.40. The first-order valence-corrected chi connectivity index (χ1v) is 6.05. The van der Waals surface area contributed by atoms with Crippen LogP contribution in [0.15, 0.2) is 24.3 Å². The molecule has 1 aliphatic rings. The quantitative estimate of drug-likeness (QED) is 0.854. The topological polar surface area (TPSA) is 37.3 Å². The first-order valence-electron chi connectivity index (χ1n) is 6.05. The lowest BCUT2D eigenvalue weighted by Gasteiger charge is -2.36. The van der Waals surface area contributed by atoms with Gasteiger partial charge in [0.25, 0.3) is 0 Å². The zero-order valence-corrected chi connectivity index (χ0v) is 9.95. The zero-order valence-electron chi connectivity index (χ0n) is 9.95. The molecule has 0 saturated heterocycles. The molecule has 0 radical (unpaired) electrons. The Hall–Kier alpha value is -1.38. The molecule has 92 valence electrons. The van der Waals surface area contributed by atoms with Gasteiger partial charge in [-0.05, 0) is 37.7 Å². The van der Waals surface area contributed by atoms with Gasteiger partial charge in [0.05, 0.1) is 5.41 Å². The van der Waals surface area contributed by atoms with Gasteiger partial charge in [0.1, 0.15) is 5.82 Å². The highest BCUT2D eigenvalue weighted by atomic mass is 19.1. The monoisotopic (exact) mass is 236 g/mol. The van der Waals surface area contributed by atoms with E-state index >= 15 is 0 Å². The number of hydrogen-bond donors (Lipinski definition) is 1. The van der Waals surface area contributed by atoms with Crippen molar-refractivity contribution in [3.63, 3.8) is 0 Å². The number of carbonyl (C=O) groups is 1. The van der Waals surface area contributed by atoms with Gasteiger partial charge in [-0.3, -0.25) is 4.79 Å². The molecule has 0 aliphatic heterocycles. The molecule has 1 aromatic carbocycles. The Morgan fingerprint density at radius 1 is 1.35 bits per heavy atom. The Morgan fingerprint density at radius 2 is 1.94 bits per heavy atom. The van der Waals surface area contributed by atoms with Crippen LogP contribution < -0.4 is 0 Å². The van der Waals surface area contributed by atoms with Gasteiger partial charge in [0.2, 0.25) is 0 Å². The average Bonchev–Trinajstić information content (AvgIpc) is 2.31. The van der Waals surface area contributed by atoms with Crippen molar-refractivity contribution in [2.45, 2.75) is 38.0 Å². The summed E-state index contributed by atoms with van der Waals surface area (Å²) >= 11 is 0. The summed E-state index contributed by atoms with van der Waals surface area (Å²) < 4.78 is 13.8. The standard InChI is InChI=1S/C14H17FO2/c1-10-6-8-14(9-7-10,13(16)17)11-4-2-3-5-12(11)15/h2-5,10H,6-9H2,1H3,(H,16,17). The van der Waals surface area contributed by atoms with Crippen LogP contribution in [0.2, 0.25) is 0 Å². The van der Waals surface area contributed by atoms with Crippen LogP contribution in [0, 0.1) is 11.7 Å². The van der Waals surface area contributed by atoms with Gasteiger partial charge >= 0.3 is 5.97 Å². The predicted octanol–water partition coefficient (Wildman–Crippen LogP) is 3.36. The van der Waals surface area contributed by atoms with Gasteiger partial charge in [0.15, 0.2) is 0 Å². The molecule has 0 unspecified atom stereocenters. The molecule has 3 heteroatoms. The van der Waals surface area contributed by atoms with Crippen molar-refractivity contribution in [3.8, 4) is 0 Å². The maximum Gasteiger partial charge on any atom is 0.314 e. The Labute approximate surface area is 100 Å². The SMILES string of the molecule is CC1CCC(C(=O)O)(c2ccccc2F)CC1. The summed E-state index contributed by atoms with van der Waals surface area (Å²) in [7, 11) is 0. The molecule has 0 amide bonds. The molecular formula is C14H17FO2. The third kappa shape index (κ3) is 2.06. The normalized spacial score (nSPS) is 28.9. The predicted molar refractivity (Wildman–Crippen MR) is 63.3 cm³/mol. The van der Waals surface area contributed by atoms with E-state index in [0.29, 0.717) is 24.3 Å². The summed E-state index contributed by atoms with van der Waals surface area (Å²) in [6, 6.07) is 6.26. The van der Waals surface area contributed by atoms with Crippen molar-refractivity contribution in [3.05, 3.63) is 35.6 Å². The molecule has 2 rings (SSSR count). The fourth-order valence-corrected chi connectivity index (χ4v) is 2.70. The van der Waals surface area contributed by atoms with E-state index in [4.69, 9.17) is 0 Å². The maximum atomic E-state index is 13.8. The van der Waals surface area contributed by atoms with Gasteiger partial charge in [-0.25, -0.2) is 4.39 Å². The van der Waals surface area contributed by atoms with Crippen LogP contribution in [0.5, 0.6) is 0 Å². The highest BCUT2D eigenvalue weighted by molar-refractivity contribution is 5.81. The van der Waals surface area contributed by atoms with Gasteiger partial charge in [0, 0.05) is 5.56 Å². The van der Waals surface area contributed by atoms with Crippen LogP contribution in [-0.4, -0.2) is 11.1 Å². The number of carboxylic acid groups (broad SMARTS) is 1. The second-order valence-electron chi connectivity index (χ2n) is 5.05. The number of benzene rings is 1. The van der Waals surface area contributed by atoms with E-state index in [0.717, 1.165) is 12.8 Å². The summed E-state index contributed by atoms with van der Waals surface area (Å²) in [5.74, 6) is -0.756. The van der Waals surface area contributed by atoms with Crippen LogP contribution in [0.3, 0.4) is 0 Å². The van der Waals surface area contributed by atoms with Crippen molar-refractivity contribution < 1.29 is 14.3 Å². The number of hydrogen-bond acceptors (Lipinski definition) is 1. The molecule has 1 aliphatic carbocycles. The fraction of sp³-hybridized carbons (Fsp3) is 0.500. The van der Waals surface area contributed by atoms with E-state index in [-0.39, 0.29) is 0 Å². The first kappa shape index (κ1) is 12.1. The summed E-state index contributed by atoms with van der Waals surface area (Å²) in [4.78, 5) is 11.6. The number of rotatable bonds is 2. The number of halogens is 1. The summed E-state index contributed by atoms with van der Waals surface area (Å²) in [5.41, 5.74) is -0.669. The highest BCUT2D eigenvalue weighted by Crippen LogP contribution is 2.42. The third-order valence-electron chi connectivity index (χ3n) is 3.93. The zero-order chi connectivity index (χ0) is 12.5. The first-order chi connectivity index (χ1) is 8.06. The highest BCUT2D eigenvalue weighted by Gasteiger charge is 2.44. The van der Waals surface area contributed by atoms with E-state index in [9.17, 15) is 14.3 Å². The fourth-order valence-electron chi connectivity index (χ4n) is 2.70. The molecule has 0 spiro atoms. The Bertz CT molecular complexity index is 420.